The number of nitriles is 1. The molecule has 4 aliphatic rings. The van der Waals surface area contributed by atoms with Crippen molar-refractivity contribution in [2.24, 2.45) is 5.41 Å². The van der Waals surface area contributed by atoms with Crippen molar-refractivity contribution in [2.45, 2.75) is 25.7 Å². The number of nitrogens with zero attached hydrogens (tertiary/aromatic N) is 2. The number of esters is 1. The summed E-state index contributed by atoms with van der Waals surface area (Å²) >= 11 is 0. The van der Waals surface area contributed by atoms with Gasteiger partial charge in [0, 0.05) is 11.0 Å². The average Bonchev–Trinajstić information content (AvgIpc) is 3.11. The SMILES string of the molecule is COc1cc(C#N)cc2c1C(C(=O)OCC13CCN(CC1)CC3)=CC2. The summed E-state index contributed by atoms with van der Waals surface area (Å²) in [5, 5.41) is 9.13. The quantitative estimate of drug-likeness (QED) is 0.790. The van der Waals surface area contributed by atoms with E-state index < -0.39 is 0 Å². The van der Waals surface area contributed by atoms with Crippen LogP contribution in [0.5, 0.6) is 5.75 Å². The van der Waals surface area contributed by atoms with Crippen molar-refractivity contribution in [3.05, 3.63) is 34.9 Å². The van der Waals surface area contributed by atoms with Crippen LogP contribution in [0, 0.1) is 16.7 Å². The Bertz CT molecular complexity index is 769. The van der Waals surface area contributed by atoms with E-state index in [0.29, 0.717) is 29.9 Å². The Hall–Kier alpha value is -2.32. The van der Waals surface area contributed by atoms with Crippen LogP contribution >= 0.6 is 0 Å². The summed E-state index contributed by atoms with van der Waals surface area (Å²) in [6.07, 6.45) is 5.86. The van der Waals surface area contributed by atoms with Crippen LogP contribution in [0.15, 0.2) is 18.2 Å². The van der Waals surface area contributed by atoms with Gasteiger partial charge in [-0.25, -0.2) is 4.79 Å². The van der Waals surface area contributed by atoms with Crippen molar-refractivity contribution >= 4 is 11.5 Å². The second kappa shape index (κ2) is 6.20. The van der Waals surface area contributed by atoms with Gasteiger partial charge in [0.2, 0.25) is 0 Å². The molecule has 0 radical (unpaired) electrons. The minimum Gasteiger partial charge on any atom is -0.496 e. The average molecular weight is 338 g/mol. The highest BCUT2D eigenvalue weighted by Gasteiger charge is 2.40. The number of piperidine rings is 3. The molecule has 0 atom stereocenters. The van der Waals surface area contributed by atoms with Gasteiger partial charge < -0.3 is 14.4 Å². The Morgan fingerprint density at radius 1 is 1.28 bits per heavy atom. The molecule has 25 heavy (non-hydrogen) atoms. The van der Waals surface area contributed by atoms with Gasteiger partial charge in [-0.2, -0.15) is 5.26 Å². The fourth-order valence-corrected chi connectivity index (χ4v) is 4.27. The van der Waals surface area contributed by atoms with Gasteiger partial charge in [-0.1, -0.05) is 6.08 Å². The molecule has 0 amide bonds. The third kappa shape index (κ3) is 2.81. The van der Waals surface area contributed by atoms with Crippen LogP contribution in [0.1, 0.15) is 36.0 Å². The number of allylic oxidation sites excluding steroid dienone is 1. The molecule has 2 bridgehead atoms. The first-order chi connectivity index (χ1) is 12.1. The molecule has 0 saturated carbocycles. The molecule has 3 aliphatic heterocycles. The maximum Gasteiger partial charge on any atom is 0.338 e. The molecule has 0 N–H and O–H groups in total. The highest BCUT2D eigenvalue weighted by Crippen LogP contribution is 2.41. The maximum atomic E-state index is 12.7. The van der Waals surface area contributed by atoms with Crippen molar-refractivity contribution in [3.63, 3.8) is 0 Å². The summed E-state index contributed by atoms with van der Waals surface area (Å²) in [5.41, 5.74) is 3.02. The van der Waals surface area contributed by atoms with E-state index in [-0.39, 0.29) is 11.4 Å². The van der Waals surface area contributed by atoms with Gasteiger partial charge in [-0.3, -0.25) is 0 Å². The van der Waals surface area contributed by atoms with E-state index in [4.69, 9.17) is 14.7 Å². The van der Waals surface area contributed by atoms with Crippen LogP contribution in [0.25, 0.3) is 5.57 Å². The van der Waals surface area contributed by atoms with Gasteiger partial charge in [-0.15, -0.1) is 0 Å². The van der Waals surface area contributed by atoms with Gasteiger partial charge in [0.05, 0.1) is 30.9 Å². The molecule has 0 unspecified atom stereocenters. The molecule has 3 fully saturated rings. The lowest BCUT2D eigenvalue weighted by atomic mass is 9.73. The maximum absolute atomic E-state index is 12.7. The fraction of sp³-hybridized carbons (Fsp3) is 0.500. The Kier molecular flexibility index (Phi) is 4.01. The van der Waals surface area contributed by atoms with Gasteiger partial charge in [0.25, 0.3) is 0 Å². The van der Waals surface area contributed by atoms with Crippen LogP contribution in [-0.4, -0.2) is 44.2 Å². The molecule has 3 heterocycles. The number of ether oxygens (including phenoxy) is 2. The Morgan fingerprint density at radius 2 is 2.00 bits per heavy atom. The summed E-state index contributed by atoms with van der Waals surface area (Å²) in [7, 11) is 1.56. The molecule has 5 nitrogen and oxygen atoms in total. The van der Waals surface area contributed by atoms with Crippen LogP contribution < -0.4 is 4.74 Å². The third-order valence-corrected chi connectivity index (χ3v) is 5.93. The Labute approximate surface area is 147 Å². The van der Waals surface area contributed by atoms with E-state index in [1.54, 1.807) is 13.2 Å². The number of carbonyl (C=O) groups excluding carboxylic acids is 1. The molecule has 3 saturated heterocycles. The van der Waals surface area contributed by atoms with E-state index in [9.17, 15) is 4.79 Å². The molecular weight excluding hydrogens is 316 g/mol. The summed E-state index contributed by atoms with van der Waals surface area (Å²) in [5.74, 6) is 0.294. The normalized spacial score (nSPS) is 26.6. The van der Waals surface area contributed by atoms with E-state index in [0.717, 1.165) is 50.0 Å². The van der Waals surface area contributed by atoms with E-state index in [1.165, 1.54) is 0 Å². The smallest absolute Gasteiger partial charge is 0.338 e. The lowest BCUT2D eigenvalue weighted by Gasteiger charge is -2.47. The number of benzene rings is 1. The largest absolute Gasteiger partial charge is 0.496 e. The second-order valence-corrected chi connectivity index (χ2v) is 7.31. The lowest BCUT2D eigenvalue weighted by molar-refractivity contribution is -0.143. The number of hydrogen-bond acceptors (Lipinski definition) is 5. The molecule has 1 aromatic rings. The van der Waals surface area contributed by atoms with Crippen molar-refractivity contribution < 1.29 is 14.3 Å². The predicted octanol–water partition coefficient (Wildman–Crippen LogP) is 2.54. The summed E-state index contributed by atoms with van der Waals surface area (Å²) < 4.78 is 11.2. The summed E-state index contributed by atoms with van der Waals surface area (Å²) in [6, 6.07) is 5.64. The second-order valence-electron chi connectivity index (χ2n) is 7.31. The Balaban J connectivity index is 1.51. The fourth-order valence-electron chi connectivity index (χ4n) is 4.27. The van der Waals surface area contributed by atoms with Gasteiger partial charge in [0.1, 0.15) is 5.75 Å². The molecular formula is C20H22N2O3. The van der Waals surface area contributed by atoms with Crippen molar-refractivity contribution in [1.29, 1.82) is 5.26 Å². The molecule has 5 rings (SSSR count). The van der Waals surface area contributed by atoms with Crippen molar-refractivity contribution in [3.8, 4) is 11.8 Å². The zero-order valence-corrected chi connectivity index (χ0v) is 14.5. The highest BCUT2D eigenvalue weighted by atomic mass is 16.5. The van der Waals surface area contributed by atoms with E-state index >= 15 is 0 Å². The molecule has 1 aromatic carbocycles. The van der Waals surface area contributed by atoms with Gasteiger partial charge >= 0.3 is 5.97 Å². The topological polar surface area (TPSA) is 62.6 Å². The third-order valence-electron chi connectivity index (χ3n) is 5.93. The molecule has 5 heteroatoms. The predicted molar refractivity (Wildman–Crippen MR) is 93.1 cm³/mol. The lowest BCUT2D eigenvalue weighted by Crippen LogP contribution is -2.50. The van der Waals surface area contributed by atoms with Crippen LogP contribution in [0.3, 0.4) is 0 Å². The molecule has 130 valence electrons. The first-order valence-corrected chi connectivity index (χ1v) is 8.85. The number of fused-ring (bicyclic) bond motifs is 4. The Morgan fingerprint density at radius 3 is 2.64 bits per heavy atom. The number of carbonyl (C=O) groups is 1. The minimum absolute atomic E-state index is 0.168. The van der Waals surface area contributed by atoms with Crippen molar-refractivity contribution in [1.82, 2.24) is 4.90 Å². The standard InChI is InChI=1S/C20H22N2O3/c1-24-17-11-14(12-21)10-15-2-3-16(18(15)17)19(23)25-13-20-4-7-22(8-5-20)9-6-20/h3,10-11H,2,4-9,13H2,1H3. The molecule has 1 aliphatic carbocycles. The number of hydrogen-bond donors (Lipinski definition) is 0. The van der Waals surface area contributed by atoms with E-state index in [1.807, 2.05) is 12.1 Å². The highest BCUT2D eigenvalue weighted by molar-refractivity contribution is 6.19. The minimum atomic E-state index is -0.274. The molecule has 0 aromatic heterocycles. The number of methoxy groups -OCH3 is 1. The van der Waals surface area contributed by atoms with E-state index in [2.05, 4.69) is 11.0 Å². The zero-order chi connectivity index (χ0) is 17.4. The monoisotopic (exact) mass is 338 g/mol. The van der Waals surface area contributed by atoms with Crippen LogP contribution in [-0.2, 0) is 16.0 Å². The van der Waals surface area contributed by atoms with Crippen LogP contribution in [0.2, 0.25) is 0 Å². The molecule has 0 spiro atoms. The van der Waals surface area contributed by atoms with Crippen LogP contribution in [0.4, 0.5) is 0 Å². The van der Waals surface area contributed by atoms with Gasteiger partial charge in [-0.05, 0) is 63.0 Å². The summed E-state index contributed by atoms with van der Waals surface area (Å²) in [4.78, 5) is 15.2. The zero-order valence-electron chi connectivity index (χ0n) is 14.5. The van der Waals surface area contributed by atoms with Gasteiger partial charge in [0.15, 0.2) is 0 Å². The summed E-state index contributed by atoms with van der Waals surface area (Å²) in [6.45, 7) is 3.86. The van der Waals surface area contributed by atoms with Crippen molar-refractivity contribution in [2.75, 3.05) is 33.4 Å². The number of rotatable bonds is 4. The first kappa shape index (κ1) is 16.2. The first-order valence-electron chi connectivity index (χ1n) is 8.85.